The summed E-state index contributed by atoms with van der Waals surface area (Å²) in [5.41, 5.74) is 2.43. The molecule has 2 aromatic carbocycles. The van der Waals surface area contributed by atoms with Gasteiger partial charge in [-0.25, -0.2) is 0 Å². The van der Waals surface area contributed by atoms with Crippen LogP contribution in [0, 0.1) is 6.92 Å². The molecule has 3 rings (SSSR count). The minimum absolute atomic E-state index is 0.563. The Bertz CT molecular complexity index is 658. The predicted octanol–water partition coefficient (Wildman–Crippen LogP) is 4.18. The van der Waals surface area contributed by atoms with Crippen LogP contribution < -0.4 is 4.74 Å². The van der Waals surface area contributed by atoms with Crippen LogP contribution in [0.2, 0.25) is 0 Å². The lowest BCUT2D eigenvalue weighted by Crippen LogP contribution is -1.95. The van der Waals surface area contributed by atoms with E-state index < -0.39 is 0 Å². The first-order valence-corrected chi connectivity index (χ1v) is 6.63. The van der Waals surface area contributed by atoms with Crippen molar-refractivity contribution in [3.05, 3.63) is 59.7 Å². The van der Waals surface area contributed by atoms with Gasteiger partial charge >= 0.3 is 0 Å². The van der Waals surface area contributed by atoms with E-state index in [-0.39, 0.29) is 0 Å². The van der Waals surface area contributed by atoms with Gasteiger partial charge in [-0.3, -0.25) is 0 Å². The number of aromatic nitrogens is 1. The van der Waals surface area contributed by atoms with Crippen LogP contribution in [0.15, 0.2) is 48.5 Å². The highest BCUT2D eigenvalue weighted by molar-refractivity contribution is 7.13. The summed E-state index contributed by atoms with van der Waals surface area (Å²) in [6.07, 6.45) is 0. The molecule has 3 aromatic rings. The van der Waals surface area contributed by atoms with Crippen molar-refractivity contribution >= 4 is 21.6 Å². The van der Waals surface area contributed by atoms with Crippen LogP contribution in [0.5, 0.6) is 5.88 Å². The number of ether oxygens (including phenoxy) is 1. The molecule has 0 N–H and O–H groups in total. The van der Waals surface area contributed by atoms with Crippen LogP contribution in [0.25, 0.3) is 10.1 Å². The second-order valence-electron chi connectivity index (χ2n) is 4.26. The van der Waals surface area contributed by atoms with E-state index in [4.69, 9.17) is 4.74 Å². The summed E-state index contributed by atoms with van der Waals surface area (Å²) in [4.78, 5) is 0. The fourth-order valence-electron chi connectivity index (χ4n) is 1.80. The maximum atomic E-state index is 5.78. The van der Waals surface area contributed by atoms with E-state index >= 15 is 0 Å². The average Bonchev–Trinajstić information content (AvgIpc) is 2.82. The van der Waals surface area contributed by atoms with Gasteiger partial charge in [-0.2, -0.15) is 4.37 Å². The van der Waals surface area contributed by atoms with Crippen molar-refractivity contribution in [2.45, 2.75) is 13.5 Å². The topological polar surface area (TPSA) is 22.1 Å². The molecule has 0 aliphatic rings. The lowest BCUT2D eigenvalue weighted by atomic mass is 10.2. The minimum atomic E-state index is 0.563. The van der Waals surface area contributed by atoms with E-state index in [0.29, 0.717) is 6.61 Å². The monoisotopic (exact) mass is 255 g/mol. The van der Waals surface area contributed by atoms with E-state index in [2.05, 4.69) is 41.6 Å². The fraction of sp³-hybridized carbons (Fsp3) is 0.133. The Morgan fingerprint density at radius 1 is 1.06 bits per heavy atom. The van der Waals surface area contributed by atoms with Crippen LogP contribution in [0.4, 0.5) is 0 Å². The average molecular weight is 255 g/mol. The van der Waals surface area contributed by atoms with Gasteiger partial charge in [-0.1, -0.05) is 42.0 Å². The van der Waals surface area contributed by atoms with Crippen LogP contribution in [0.3, 0.4) is 0 Å². The lowest BCUT2D eigenvalue weighted by Gasteiger charge is -2.04. The molecule has 1 aromatic heterocycles. The summed E-state index contributed by atoms with van der Waals surface area (Å²) < 4.78 is 11.3. The SMILES string of the molecule is Cc1ccc(COc2nsc3ccccc23)cc1. The minimum Gasteiger partial charge on any atom is -0.472 e. The molecular formula is C15H13NOS. The van der Waals surface area contributed by atoms with Crippen molar-refractivity contribution in [3.8, 4) is 5.88 Å². The van der Waals surface area contributed by atoms with Gasteiger partial charge in [-0.05, 0) is 36.2 Å². The van der Waals surface area contributed by atoms with Crippen molar-refractivity contribution in [2.24, 2.45) is 0 Å². The first kappa shape index (κ1) is 11.2. The first-order chi connectivity index (χ1) is 8.83. The van der Waals surface area contributed by atoms with Gasteiger partial charge in [0.2, 0.25) is 5.88 Å². The molecule has 0 bridgehead atoms. The summed E-state index contributed by atoms with van der Waals surface area (Å²) in [7, 11) is 0. The first-order valence-electron chi connectivity index (χ1n) is 5.86. The summed E-state index contributed by atoms with van der Waals surface area (Å²) in [6.45, 7) is 2.65. The van der Waals surface area contributed by atoms with E-state index in [1.54, 1.807) is 0 Å². The van der Waals surface area contributed by atoms with Gasteiger partial charge in [0.05, 0.1) is 10.1 Å². The van der Waals surface area contributed by atoms with Crippen LogP contribution >= 0.6 is 11.5 Å². The molecule has 0 saturated carbocycles. The predicted molar refractivity (Wildman–Crippen MR) is 75.1 cm³/mol. The smallest absolute Gasteiger partial charge is 0.233 e. The Hall–Kier alpha value is -1.87. The Morgan fingerprint density at radius 2 is 1.83 bits per heavy atom. The Morgan fingerprint density at radius 3 is 2.67 bits per heavy atom. The highest BCUT2D eigenvalue weighted by Gasteiger charge is 2.06. The van der Waals surface area contributed by atoms with Gasteiger partial charge < -0.3 is 4.74 Å². The van der Waals surface area contributed by atoms with Crippen LogP contribution in [-0.2, 0) is 6.61 Å². The van der Waals surface area contributed by atoms with Gasteiger partial charge in [-0.15, -0.1) is 0 Å². The molecule has 0 spiro atoms. The molecule has 3 heteroatoms. The number of benzene rings is 2. The number of rotatable bonds is 3. The van der Waals surface area contributed by atoms with Crippen molar-refractivity contribution in [1.82, 2.24) is 4.37 Å². The normalized spacial score (nSPS) is 10.7. The molecule has 0 aliphatic carbocycles. The number of nitrogens with zero attached hydrogens (tertiary/aromatic N) is 1. The van der Waals surface area contributed by atoms with Gasteiger partial charge in [0, 0.05) is 0 Å². The molecule has 0 atom stereocenters. The lowest BCUT2D eigenvalue weighted by molar-refractivity contribution is 0.301. The van der Waals surface area contributed by atoms with Crippen molar-refractivity contribution in [2.75, 3.05) is 0 Å². The third-order valence-corrected chi connectivity index (χ3v) is 3.65. The molecule has 0 fully saturated rings. The maximum Gasteiger partial charge on any atom is 0.233 e. The highest BCUT2D eigenvalue weighted by Crippen LogP contribution is 2.28. The quantitative estimate of drug-likeness (QED) is 0.700. The molecule has 18 heavy (non-hydrogen) atoms. The Labute approximate surface area is 110 Å². The zero-order valence-corrected chi connectivity index (χ0v) is 10.9. The maximum absolute atomic E-state index is 5.78. The van der Waals surface area contributed by atoms with Crippen molar-refractivity contribution < 1.29 is 4.74 Å². The summed E-state index contributed by atoms with van der Waals surface area (Å²) in [5, 5.41) is 1.09. The van der Waals surface area contributed by atoms with Crippen LogP contribution in [-0.4, -0.2) is 4.37 Å². The second kappa shape index (κ2) is 4.78. The number of aryl methyl sites for hydroxylation is 1. The van der Waals surface area contributed by atoms with E-state index in [1.807, 2.05) is 18.2 Å². The van der Waals surface area contributed by atoms with Crippen molar-refractivity contribution in [3.63, 3.8) is 0 Å². The molecule has 0 unspecified atom stereocenters. The standard InChI is InChI=1S/C15H13NOS/c1-11-6-8-12(9-7-11)10-17-15-13-4-2-3-5-14(13)18-16-15/h2-9H,10H2,1H3. The van der Waals surface area contributed by atoms with Gasteiger partial charge in [0.25, 0.3) is 0 Å². The number of hydrogen-bond donors (Lipinski definition) is 0. The van der Waals surface area contributed by atoms with E-state index in [0.717, 1.165) is 21.5 Å². The molecule has 90 valence electrons. The number of hydrogen-bond acceptors (Lipinski definition) is 3. The van der Waals surface area contributed by atoms with Crippen LogP contribution in [0.1, 0.15) is 11.1 Å². The Kier molecular flexibility index (Phi) is 2.99. The second-order valence-corrected chi connectivity index (χ2v) is 5.06. The fourth-order valence-corrected chi connectivity index (χ4v) is 2.53. The van der Waals surface area contributed by atoms with Gasteiger partial charge in [0.15, 0.2) is 0 Å². The molecule has 2 nitrogen and oxygen atoms in total. The Balaban J connectivity index is 1.79. The third-order valence-electron chi connectivity index (χ3n) is 2.84. The molecular weight excluding hydrogens is 242 g/mol. The zero-order valence-electron chi connectivity index (χ0n) is 10.1. The van der Waals surface area contributed by atoms with Gasteiger partial charge in [0.1, 0.15) is 6.61 Å². The van der Waals surface area contributed by atoms with E-state index in [1.165, 1.54) is 17.1 Å². The molecule has 0 saturated heterocycles. The molecule has 0 radical (unpaired) electrons. The summed E-state index contributed by atoms with van der Waals surface area (Å²) in [6, 6.07) is 16.5. The third kappa shape index (κ3) is 2.22. The van der Waals surface area contributed by atoms with Crippen molar-refractivity contribution in [1.29, 1.82) is 0 Å². The molecule has 0 amide bonds. The largest absolute Gasteiger partial charge is 0.472 e. The zero-order chi connectivity index (χ0) is 12.4. The highest BCUT2D eigenvalue weighted by atomic mass is 32.1. The molecule has 1 heterocycles. The number of fused-ring (bicyclic) bond motifs is 1. The summed E-state index contributed by atoms with van der Waals surface area (Å²) >= 11 is 1.48. The van der Waals surface area contributed by atoms with E-state index in [9.17, 15) is 0 Å². The summed E-state index contributed by atoms with van der Waals surface area (Å²) in [5.74, 6) is 0.733. The molecule has 0 aliphatic heterocycles.